The molecule has 0 bridgehead atoms. The third-order valence-electron chi connectivity index (χ3n) is 3.82. The smallest absolute Gasteiger partial charge is 0.181 e. The lowest BCUT2D eigenvalue weighted by molar-refractivity contribution is 0.415. The van der Waals surface area contributed by atoms with Crippen molar-refractivity contribution in [3.05, 3.63) is 30.1 Å². The number of H-pyrrole nitrogens is 1. The van der Waals surface area contributed by atoms with Crippen LogP contribution in [0.2, 0.25) is 0 Å². The maximum absolute atomic E-state index is 5.23. The van der Waals surface area contributed by atoms with Gasteiger partial charge in [-0.15, -0.1) is 0 Å². The topological polar surface area (TPSA) is 50.8 Å². The normalized spacial score (nSPS) is 16.5. The quantitative estimate of drug-likeness (QED) is 0.915. The maximum atomic E-state index is 5.23. The molecule has 1 N–H and O–H groups in total. The summed E-state index contributed by atoms with van der Waals surface area (Å²) < 4.78 is 5.23. The van der Waals surface area contributed by atoms with E-state index in [-0.39, 0.29) is 0 Å². The Morgan fingerprint density at radius 1 is 1.21 bits per heavy atom. The summed E-state index contributed by atoms with van der Waals surface area (Å²) in [5.41, 5.74) is 0.998. The molecule has 1 aliphatic rings. The van der Waals surface area contributed by atoms with Gasteiger partial charge >= 0.3 is 0 Å². The molecule has 1 aromatic heterocycles. The molecule has 3 rings (SSSR count). The van der Waals surface area contributed by atoms with Crippen molar-refractivity contribution in [1.29, 1.82) is 0 Å². The molecule has 1 aromatic carbocycles. The minimum Gasteiger partial charge on any atom is -0.497 e. The highest BCUT2D eigenvalue weighted by Gasteiger charge is 2.19. The van der Waals surface area contributed by atoms with E-state index >= 15 is 0 Å². The summed E-state index contributed by atoms with van der Waals surface area (Å²) in [5.74, 6) is 3.19. The van der Waals surface area contributed by atoms with Gasteiger partial charge in [0.1, 0.15) is 11.6 Å². The Hall–Kier alpha value is -1.84. The van der Waals surface area contributed by atoms with E-state index < -0.39 is 0 Å². The number of nitrogens with one attached hydrogen (secondary N) is 1. The molecule has 1 aliphatic carbocycles. The van der Waals surface area contributed by atoms with Crippen LogP contribution in [0.3, 0.4) is 0 Å². The van der Waals surface area contributed by atoms with Gasteiger partial charge in [0.2, 0.25) is 0 Å². The highest BCUT2D eigenvalue weighted by atomic mass is 16.5. The summed E-state index contributed by atoms with van der Waals surface area (Å²) in [5, 5.41) is 7.45. The predicted molar refractivity (Wildman–Crippen MR) is 74.2 cm³/mol. The Kier molecular flexibility index (Phi) is 3.49. The van der Waals surface area contributed by atoms with Crippen LogP contribution >= 0.6 is 0 Å². The standard InChI is InChI=1S/C15H19N3O/c1-19-13-9-5-8-12(10-13)15-16-14(17-18-15)11-6-3-2-4-7-11/h5,8-11H,2-4,6-7H2,1H3,(H,16,17,18). The second-order valence-corrected chi connectivity index (χ2v) is 5.11. The SMILES string of the molecule is COc1cccc(-c2n[nH]c(C3CCCCC3)n2)c1. The van der Waals surface area contributed by atoms with Gasteiger partial charge in [-0.05, 0) is 25.0 Å². The number of methoxy groups -OCH3 is 1. The first-order valence-corrected chi connectivity index (χ1v) is 6.93. The number of ether oxygens (including phenoxy) is 1. The number of hydrogen-bond donors (Lipinski definition) is 1. The summed E-state index contributed by atoms with van der Waals surface area (Å²) >= 11 is 0. The van der Waals surface area contributed by atoms with Gasteiger partial charge in [0.25, 0.3) is 0 Å². The zero-order valence-corrected chi connectivity index (χ0v) is 11.2. The molecule has 2 aromatic rings. The number of aromatic nitrogens is 3. The Labute approximate surface area is 113 Å². The summed E-state index contributed by atoms with van der Waals surface area (Å²) in [6.45, 7) is 0. The number of rotatable bonds is 3. The Morgan fingerprint density at radius 3 is 2.84 bits per heavy atom. The first-order valence-electron chi connectivity index (χ1n) is 6.93. The van der Waals surface area contributed by atoms with Crippen molar-refractivity contribution < 1.29 is 4.74 Å². The monoisotopic (exact) mass is 257 g/mol. The lowest BCUT2D eigenvalue weighted by atomic mass is 9.89. The molecule has 1 heterocycles. The van der Waals surface area contributed by atoms with Crippen molar-refractivity contribution in [2.75, 3.05) is 7.11 Å². The van der Waals surface area contributed by atoms with Crippen molar-refractivity contribution in [3.63, 3.8) is 0 Å². The molecular formula is C15H19N3O. The van der Waals surface area contributed by atoms with Gasteiger partial charge < -0.3 is 4.74 Å². The molecule has 1 fully saturated rings. The number of hydrogen-bond acceptors (Lipinski definition) is 3. The van der Waals surface area contributed by atoms with E-state index in [2.05, 4.69) is 15.2 Å². The van der Waals surface area contributed by atoms with Crippen LogP contribution in [0.25, 0.3) is 11.4 Å². The van der Waals surface area contributed by atoms with Crippen LogP contribution < -0.4 is 4.74 Å². The largest absolute Gasteiger partial charge is 0.497 e. The second kappa shape index (κ2) is 5.43. The summed E-state index contributed by atoms with van der Waals surface area (Å²) in [6, 6.07) is 7.87. The third-order valence-corrected chi connectivity index (χ3v) is 3.82. The Balaban J connectivity index is 1.83. The van der Waals surface area contributed by atoms with Crippen LogP contribution in [-0.2, 0) is 0 Å². The number of nitrogens with zero attached hydrogens (tertiary/aromatic N) is 2. The zero-order chi connectivity index (χ0) is 13.1. The van der Waals surface area contributed by atoms with Crippen molar-refractivity contribution in [2.24, 2.45) is 0 Å². The van der Waals surface area contributed by atoms with E-state index in [4.69, 9.17) is 4.74 Å². The van der Waals surface area contributed by atoms with Crippen molar-refractivity contribution in [3.8, 4) is 17.1 Å². The fourth-order valence-corrected chi connectivity index (χ4v) is 2.72. The van der Waals surface area contributed by atoms with Gasteiger partial charge in [-0.3, -0.25) is 5.10 Å². The molecular weight excluding hydrogens is 238 g/mol. The molecule has 0 saturated heterocycles. The van der Waals surface area contributed by atoms with Gasteiger partial charge in [-0.25, -0.2) is 4.98 Å². The second-order valence-electron chi connectivity index (χ2n) is 5.11. The molecule has 0 spiro atoms. The molecule has 19 heavy (non-hydrogen) atoms. The van der Waals surface area contributed by atoms with E-state index in [9.17, 15) is 0 Å². The average Bonchev–Trinajstić information content (AvgIpc) is 2.98. The molecule has 0 atom stereocenters. The molecule has 4 heteroatoms. The molecule has 4 nitrogen and oxygen atoms in total. The number of benzene rings is 1. The van der Waals surface area contributed by atoms with Gasteiger partial charge in [0, 0.05) is 11.5 Å². The summed E-state index contributed by atoms with van der Waals surface area (Å²) in [6.07, 6.45) is 6.42. The van der Waals surface area contributed by atoms with Crippen LogP contribution in [-0.4, -0.2) is 22.3 Å². The fourth-order valence-electron chi connectivity index (χ4n) is 2.72. The maximum Gasteiger partial charge on any atom is 0.181 e. The zero-order valence-electron chi connectivity index (χ0n) is 11.2. The van der Waals surface area contributed by atoms with Crippen molar-refractivity contribution >= 4 is 0 Å². The highest BCUT2D eigenvalue weighted by Crippen LogP contribution is 2.31. The van der Waals surface area contributed by atoms with Crippen LogP contribution in [0.15, 0.2) is 24.3 Å². The lowest BCUT2D eigenvalue weighted by Crippen LogP contribution is -2.06. The average molecular weight is 257 g/mol. The van der Waals surface area contributed by atoms with Gasteiger partial charge in [-0.2, -0.15) is 5.10 Å². The van der Waals surface area contributed by atoms with Crippen LogP contribution in [0.1, 0.15) is 43.8 Å². The minimum atomic E-state index is 0.556. The molecule has 0 unspecified atom stereocenters. The molecule has 0 aliphatic heterocycles. The van der Waals surface area contributed by atoms with E-state index in [1.165, 1.54) is 32.1 Å². The molecule has 100 valence electrons. The predicted octanol–water partition coefficient (Wildman–Crippen LogP) is 3.53. The van der Waals surface area contributed by atoms with Crippen LogP contribution in [0.4, 0.5) is 0 Å². The highest BCUT2D eigenvalue weighted by molar-refractivity contribution is 5.57. The first-order chi connectivity index (χ1) is 9.36. The molecule has 1 saturated carbocycles. The third kappa shape index (κ3) is 2.62. The molecule has 0 radical (unpaired) electrons. The van der Waals surface area contributed by atoms with Crippen LogP contribution in [0.5, 0.6) is 5.75 Å². The van der Waals surface area contributed by atoms with Crippen molar-refractivity contribution in [1.82, 2.24) is 15.2 Å². The molecule has 0 amide bonds. The van der Waals surface area contributed by atoms with E-state index in [1.807, 2.05) is 24.3 Å². The van der Waals surface area contributed by atoms with Crippen LogP contribution in [0, 0.1) is 0 Å². The van der Waals surface area contributed by atoms with Gasteiger partial charge in [0.15, 0.2) is 5.82 Å². The summed E-state index contributed by atoms with van der Waals surface area (Å²) in [4.78, 5) is 4.66. The minimum absolute atomic E-state index is 0.556. The fraction of sp³-hybridized carbons (Fsp3) is 0.467. The first kappa shape index (κ1) is 12.2. The van der Waals surface area contributed by atoms with Gasteiger partial charge in [0.05, 0.1) is 7.11 Å². The Bertz CT molecular complexity index is 544. The van der Waals surface area contributed by atoms with E-state index in [0.717, 1.165) is 23.0 Å². The lowest BCUT2D eigenvalue weighted by Gasteiger charge is -2.18. The summed E-state index contributed by atoms with van der Waals surface area (Å²) in [7, 11) is 1.67. The Morgan fingerprint density at radius 2 is 2.05 bits per heavy atom. The van der Waals surface area contributed by atoms with Crippen molar-refractivity contribution in [2.45, 2.75) is 38.0 Å². The van der Waals surface area contributed by atoms with Gasteiger partial charge in [-0.1, -0.05) is 31.4 Å². The van der Waals surface area contributed by atoms with E-state index in [0.29, 0.717) is 5.92 Å². The number of aromatic amines is 1. The van der Waals surface area contributed by atoms with E-state index in [1.54, 1.807) is 7.11 Å².